The number of piperidine rings is 1. The van der Waals surface area contributed by atoms with Gasteiger partial charge in [-0.1, -0.05) is 12.8 Å². The summed E-state index contributed by atoms with van der Waals surface area (Å²) in [6.45, 7) is 0.614. The van der Waals surface area contributed by atoms with Gasteiger partial charge in [-0.25, -0.2) is 12.7 Å². The smallest absolute Gasteiger partial charge is 0.251 e. The Morgan fingerprint density at radius 2 is 1.85 bits per heavy atom. The summed E-state index contributed by atoms with van der Waals surface area (Å²) >= 11 is 0. The molecule has 1 aliphatic carbocycles. The van der Waals surface area contributed by atoms with Crippen molar-refractivity contribution in [3.63, 3.8) is 0 Å². The maximum Gasteiger partial charge on any atom is 0.251 e. The number of nitrogens with zero attached hydrogens (tertiary/aromatic N) is 3. The summed E-state index contributed by atoms with van der Waals surface area (Å²) in [4.78, 5) is 27.0. The molecule has 2 fully saturated rings. The molecule has 0 N–H and O–H groups in total. The van der Waals surface area contributed by atoms with E-state index in [4.69, 9.17) is 0 Å². The van der Waals surface area contributed by atoms with Gasteiger partial charge in [0.2, 0.25) is 15.9 Å². The van der Waals surface area contributed by atoms with E-state index in [1.807, 2.05) is 4.90 Å². The standard InChI is InChI=1S/C18H27N3O4S/c1-19(2)26(24,25)15-9-10-17(22)20(12-15)13-18(23)21-11-5-7-14-6-3-4-8-16(14)21/h9-10,12,14,16H,3-8,11,13H2,1-2H3/t14-,16-/m1/s1. The maximum absolute atomic E-state index is 12.9. The van der Waals surface area contributed by atoms with E-state index in [-0.39, 0.29) is 28.9 Å². The number of carbonyl (C=O) groups is 1. The van der Waals surface area contributed by atoms with Crippen molar-refractivity contribution in [2.75, 3.05) is 20.6 Å². The first kappa shape index (κ1) is 19.1. The first-order valence-corrected chi connectivity index (χ1v) is 10.7. The SMILES string of the molecule is CN(C)S(=O)(=O)c1ccc(=O)n(CC(=O)N2CCC[C@H]3CCCC[C@H]32)c1. The van der Waals surface area contributed by atoms with E-state index in [2.05, 4.69) is 0 Å². The molecule has 1 aliphatic heterocycles. The molecule has 26 heavy (non-hydrogen) atoms. The third-order valence-corrected chi connectivity index (χ3v) is 7.40. The molecule has 2 heterocycles. The van der Waals surface area contributed by atoms with Crippen LogP contribution in [0.3, 0.4) is 0 Å². The van der Waals surface area contributed by atoms with Crippen molar-refractivity contribution in [1.29, 1.82) is 0 Å². The number of aromatic nitrogens is 1. The van der Waals surface area contributed by atoms with E-state index in [9.17, 15) is 18.0 Å². The summed E-state index contributed by atoms with van der Waals surface area (Å²) in [6.07, 6.45) is 8.01. The van der Waals surface area contributed by atoms with Crippen molar-refractivity contribution in [2.45, 2.75) is 56.0 Å². The minimum atomic E-state index is -3.65. The Kier molecular flexibility index (Phi) is 5.53. The number of likely N-dealkylation sites (tertiary alicyclic amines) is 1. The minimum absolute atomic E-state index is 0.0177. The Balaban J connectivity index is 1.82. The van der Waals surface area contributed by atoms with Crippen LogP contribution in [0.1, 0.15) is 38.5 Å². The second kappa shape index (κ2) is 7.52. The molecule has 2 aliphatic rings. The highest BCUT2D eigenvalue weighted by molar-refractivity contribution is 7.89. The Morgan fingerprint density at radius 1 is 1.15 bits per heavy atom. The number of amides is 1. The summed E-state index contributed by atoms with van der Waals surface area (Å²) in [5, 5.41) is 0. The molecule has 7 nitrogen and oxygen atoms in total. The lowest BCUT2D eigenvalue weighted by atomic mass is 9.78. The normalized spacial score (nSPS) is 23.7. The van der Waals surface area contributed by atoms with Gasteiger partial charge in [0, 0.05) is 38.9 Å². The minimum Gasteiger partial charge on any atom is -0.338 e. The zero-order chi connectivity index (χ0) is 18.9. The fourth-order valence-corrected chi connectivity index (χ4v) is 5.09. The van der Waals surface area contributed by atoms with Gasteiger partial charge >= 0.3 is 0 Å². The van der Waals surface area contributed by atoms with Crippen LogP contribution in [0.5, 0.6) is 0 Å². The highest BCUT2D eigenvalue weighted by atomic mass is 32.2. The molecule has 3 rings (SSSR count). The lowest BCUT2D eigenvalue weighted by Crippen LogP contribution is -2.51. The number of carbonyl (C=O) groups excluding carboxylic acids is 1. The van der Waals surface area contributed by atoms with Gasteiger partial charge in [-0.05, 0) is 37.7 Å². The molecule has 1 amide bonds. The molecule has 1 saturated heterocycles. The van der Waals surface area contributed by atoms with Gasteiger partial charge in [0.05, 0.1) is 4.90 Å². The van der Waals surface area contributed by atoms with E-state index in [0.717, 1.165) is 30.1 Å². The molecule has 0 bridgehead atoms. The molecule has 1 saturated carbocycles. The van der Waals surface area contributed by atoms with Crippen LogP contribution >= 0.6 is 0 Å². The van der Waals surface area contributed by atoms with Crippen LogP contribution in [0, 0.1) is 5.92 Å². The predicted molar refractivity (Wildman–Crippen MR) is 98.3 cm³/mol. The van der Waals surface area contributed by atoms with Crippen molar-refractivity contribution in [3.8, 4) is 0 Å². The third-order valence-electron chi connectivity index (χ3n) is 5.60. The average molecular weight is 381 g/mol. The second-order valence-electron chi connectivity index (χ2n) is 7.46. The van der Waals surface area contributed by atoms with Gasteiger partial charge in [0.25, 0.3) is 5.56 Å². The maximum atomic E-state index is 12.9. The lowest BCUT2D eigenvalue weighted by molar-refractivity contribution is -0.138. The van der Waals surface area contributed by atoms with Crippen molar-refractivity contribution >= 4 is 15.9 Å². The Hall–Kier alpha value is -1.67. The molecule has 2 atom stereocenters. The van der Waals surface area contributed by atoms with Crippen molar-refractivity contribution in [1.82, 2.24) is 13.8 Å². The van der Waals surface area contributed by atoms with Crippen molar-refractivity contribution in [3.05, 3.63) is 28.7 Å². The molecule has 1 aromatic rings. The molecule has 0 radical (unpaired) electrons. The molecule has 0 spiro atoms. The van der Waals surface area contributed by atoms with Crippen LogP contribution in [-0.2, 0) is 21.4 Å². The van der Waals surface area contributed by atoms with E-state index in [1.54, 1.807) is 0 Å². The number of pyridine rings is 1. The summed E-state index contributed by atoms with van der Waals surface area (Å²) in [7, 11) is -0.772. The van der Waals surface area contributed by atoms with Crippen LogP contribution in [0.25, 0.3) is 0 Å². The number of hydrogen-bond donors (Lipinski definition) is 0. The Labute approximate surface area is 154 Å². The molecule has 1 aromatic heterocycles. The quantitative estimate of drug-likeness (QED) is 0.787. The summed E-state index contributed by atoms with van der Waals surface area (Å²) in [5.41, 5.74) is -0.367. The van der Waals surface area contributed by atoms with E-state index in [1.165, 1.54) is 56.3 Å². The van der Waals surface area contributed by atoms with Gasteiger partial charge in [-0.3, -0.25) is 9.59 Å². The van der Waals surface area contributed by atoms with Gasteiger partial charge in [-0.2, -0.15) is 0 Å². The largest absolute Gasteiger partial charge is 0.338 e. The first-order valence-electron chi connectivity index (χ1n) is 9.23. The van der Waals surface area contributed by atoms with E-state index >= 15 is 0 Å². The van der Waals surface area contributed by atoms with Crippen LogP contribution in [0.2, 0.25) is 0 Å². The fourth-order valence-electron chi connectivity index (χ4n) is 4.17. The van der Waals surface area contributed by atoms with Crippen molar-refractivity contribution in [2.24, 2.45) is 5.92 Å². The monoisotopic (exact) mass is 381 g/mol. The number of hydrogen-bond acceptors (Lipinski definition) is 4. The molecule has 0 unspecified atom stereocenters. The Morgan fingerprint density at radius 3 is 2.58 bits per heavy atom. The molecular formula is C18H27N3O4S. The van der Waals surface area contributed by atoms with Crippen molar-refractivity contribution < 1.29 is 13.2 Å². The van der Waals surface area contributed by atoms with E-state index < -0.39 is 10.0 Å². The second-order valence-corrected chi connectivity index (χ2v) is 9.61. The molecule has 144 valence electrons. The summed E-state index contributed by atoms with van der Waals surface area (Å²) < 4.78 is 26.9. The topological polar surface area (TPSA) is 79.7 Å². The Bertz CT molecular complexity index is 829. The average Bonchev–Trinajstić information content (AvgIpc) is 2.62. The lowest BCUT2D eigenvalue weighted by Gasteiger charge is -2.44. The molecule has 0 aromatic carbocycles. The molecular weight excluding hydrogens is 354 g/mol. The summed E-state index contributed by atoms with van der Waals surface area (Å²) in [5.74, 6) is 0.474. The van der Waals surface area contributed by atoms with Gasteiger partial charge in [0.15, 0.2) is 0 Å². The zero-order valence-corrected chi connectivity index (χ0v) is 16.2. The highest BCUT2D eigenvalue weighted by Crippen LogP contribution is 2.35. The van der Waals surface area contributed by atoms with Gasteiger partial charge in [0.1, 0.15) is 6.54 Å². The first-order chi connectivity index (χ1) is 12.3. The zero-order valence-electron chi connectivity index (χ0n) is 15.4. The van der Waals surface area contributed by atoms with Gasteiger partial charge in [-0.15, -0.1) is 0 Å². The highest BCUT2D eigenvalue weighted by Gasteiger charge is 2.35. The number of rotatable bonds is 4. The van der Waals surface area contributed by atoms with E-state index in [0.29, 0.717) is 5.92 Å². The number of fused-ring (bicyclic) bond motifs is 1. The van der Waals surface area contributed by atoms with Crippen LogP contribution in [-0.4, -0.2) is 54.8 Å². The van der Waals surface area contributed by atoms with Crippen LogP contribution in [0.4, 0.5) is 0 Å². The molecule has 8 heteroatoms. The predicted octanol–water partition coefficient (Wildman–Crippen LogP) is 1.28. The van der Waals surface area contributed by atoms with Crippen LogP contribution in [0.15, 0.2) is 28.0 Å². The third kappa shape index (κ3) is 3.71. The van der Waals surface area contributed by atoms with Gasteiger partial charge < -0.3 is 9.47 Å². The fraction of sp³-hybridized carbons (Fsp3) is 0.667. The summed E-state index contributed by atoms with van der Waals surface area (Å²) in [6, 6.07) is 2.77. The van der Waals surface area contributed by atoms with Crippen LogP contribution < -0.4 is 5.56 Å². The number of sulfonamides is 1.